The van der Waals surface area contributed by atoms with Gasteiger partial charge in [-0.3, -0.25) is 0 Å². The number of anilines is 2. The number of aliphatic hydroxyl groups excluding tert-OH is 1. The highest BCUT2D eigenvalue weighted by Crippen LogP contribution is 2.30. The zero-order chi connectivity index (χ0) is 24.2. The summed E-state index contributed by atoms with van der Waals surface area (Å²) >= 11 is 0. The van der Waals surface area contributed by atoms with Crippen molar-refractivity contribution in [3.8, 4) is 0 Å². The summed E-state index contributed by atoms with van der Waals surface area (Å²) in [6, 6.07) is 19.8. The molecule has 4 atom stereocenters. The zero-order valence-corrected chi connectivity index (χ0v) is 19.1. The second-order valence-corrected chi connectivity index (χ2v) is 8.45. The van der Waals surface area contributed by atoms with Gasteiger partial charge in [-0.15, -0.1) is 0 Å². The van der Waals surface area contributed by atoms with E-state index >= 15 is 0 Å². The van der Waals surface area contributed by atoms with Gasteiger partial charge in [0.25, 0.3) is 0 Å². The van der Waals surface area contributed by atoms with Crippen LogP contribution in [0.25, 0.3) is 11.2 Å². The number of hydrogen-bond donors (Lipinski definition) is 3. The van der Waals surface area contributed by atoms with Crippen molar-refractivity contribution < 1.29 is 19.3 Å². The summed E-state index contributed by atoms with van der Waals surface area (Å²) in [5.41, 5.74) is 14.8. The molecule has 0 amide bonds. The van der Waals surface area contributed by atoms with Crippen LogP contribution in [-0.4, -0.2) is 55.6 Å². The van der Waals surface area contributed by atoms with Gasteiger partial charge in [-0.05, 0) is 11.1 Å². The van der Waals surface area contributed by atoms with Gasteiger partial charge >= 0.3 is 0 Å². The van der Waals surface area contributed by atoms with Gasteiger partial charge in [-0.2, -0.15) is 9.97 Å². The Hall–Kier alpha value is -3.57. The van der Waals surface area contributed by atoms with Gasteiger partial charge in [0.05, 0.1) is 32.7 Å². The van der Waals surface area contributed by atoms with Gasteiger partial charge in [-0.1, -0.05) is 60.7 Å². The minimum atomic E-state index is -0.552. The third-order valence-corrected chi connectivity index (χ3v) is 6.04. The van der Waals surface area contributed by atoms with Crippen LogP contribution in [0.5, 0.6) is 0 Å². The van der Waals surface area contributed by atoms with Crippen molar-refractivity contribution in [2.75, 3.05) is 18.1 Å². The van der Waals surface area contributed by atoms with Crippen LogP contribution in [-0.2, 0) is 34.0 Å². The summed E-state index contributed by atoms with van der Waals surface area (Å²) in [6.07, 6.45) is -0.298. The molecule has 1 saturated heterocycles. The van der Waals surface area contributed by atoms with Crippen LogP contribution in [0.4, 0.5) is 11.8 Å². The molecule has 1 fully saturated rings. The number of aromatic nitrogens is 4. The predicted octanol–water partition coefficient (Wildman–Crippen LogP) is 1.92. The monoisotopic (exact) mass is 476 g/mol. The van der Waals surface area contributed by atoms with Gasteiger partial charge in [0.2, 0.25) is 5.95 Å². The number of fused-ring (bicyclic) bond motifs is 1. The molecule has 4 aromatic rings. The van der Waals surface area contributed by atoms with Gasteiger partial charge in [-0.25, -0.2) is 4.98 Å². The SMILES string of the molecule is Nc1nc(N)c2ncn(C[C@@H]3O[C@H](CO)[C@@H](OCc4ccccc4)[C@@H]3OCc3ccccc3)c2n1. The third kappa shape index (κ3) is 5.10. The molecule has 2 aromatic heterocycles. The molecule has 0 aliphatic carbocycles. The molecule has 10 heteroatoms. The molecule has 2 aromatic carbocycles. The Labute approximate surface area is 202 Å². The van der Waals surface area contributed by atoms with Crippen molar-refractivity contribution in [1.29, 1.82) is 0 Å². The summed E-state index contributed by atoms with van der Waals surface area (Å²) in [7, 11) is 0. The second-order valence-electron chi connectivity index (χ2n) is 8.45. The number of imidazole rings is 1. The zero-order valence-electron chi connectivity index (χ0n) is 19.1. The number of aliphatic hydroxyl groups is 1. The fourth-order valence-electron chi connectivity index (χ4n) is 4.35. The van der Waals surface area contributed by atoms with E-state index in [4.69, 9.17) is 25.7 Å². The molecule has 10 nitrogen and oxygen atoms in total. The fourth-order valence-corrected chi connectivity index (χ4v) is 4.35. The molecule has 0 bridgehead atoms. The van der Waals surface area contributed by atoms with E-state index in [0.29, 0.717) is 30.9 Å². The average molecular weight is 477 g/mol. The lowest BCUT2D eigenvalue weighted by Gasteiger charge is -2.25. The van der Waals surface area contributed by atoms with Gasteiger partial charge in [0.1, 0.15) is 29.9 Å². The van der Waals surface area contributed by atoms with E-state index in [1.54, 1.807) is 10.9 Å². The minimum Gasteiger partial charge on any atom is -0.394 e. The average Bonchev–Trinajstić information content (AvgIpc) is 3.43. The summed E-state index contributed by atoms with van der Waals surface area (Å²) < 4.78 is 20.7. The standard InChI is InChI=1S/C25H28N6O4/c26-23-20-24(30-25(27)29-23)31(15-28-20)11-18-21(33-13-16-7-3-1-4-8-16)22(19(12-32)35-18)34-14-17-9-5-2-6-10-17/h1-10,15,18-19,21-22,32H,11-14H2,(H4,26,27,29,30)/t18-,19+,21+,22+/m0/s1. The number of hydrogen-bond acceptors (Lipinski definition) is 9. The molecule has 5 N–H and O–H groups in total. The molecule has 5 rings (SSSR count). The summed E-state index contributed by atoms with van der Waals surface area (Å²) in [4.78, 5) is 12.6. The fraction of sp³-hybridized carbons (Fsp3) is 0.320. The maximum atomic E-state index is 10.1. The summed E-state index contributed by atoms with van der Waals surface area (Å²) in [5.74, 6) is 0.283. The molecule has 1 aliphatic rings. The van der Waals surface area contributed by atoms with Crippen molar-refractivity contribution >= 4 is 22.9 Å². The molecule has 182 valence electrons. The maximum absolute atomic E-state index is 10.1. The molecule has 35 heavy (non-hydrogen) atoms. The van der Waals surface area contributed by atoms with Crippen molar-refractivity contribution in [3.63, 3.8) is 0 Å². The highest BCUT2D eigenvalue weighted by Gasteiger charge is 2.46. The minimum absolute atomic E-state index is 0.0678. The number of nitrogens with zero attached hydrogens (tertiary/aromatic N) is 4. The van der Waals surface area contributed by atoms with E-state index < -0.39 is 24.4 Å². The van der Waals surface area contributed by atoms with E-state index in [9.17, 15) is 5.11 Å². The van der Waals surface area contributed by atoms with E-state index in [0.717, 1.165) is 11.1 Å². The first-order valence-corrected chi connectivity index (χ1v) is 11.4. The number of rotatable bonds is 9. The third-order valence-electron chi connectivity index (χ3n) is 6.04. The Kier molecular flexibility index (Phi) is 6.87. The molecule has 0 radical (unpaired) electrons. The second kappa shape index (κ2) is 10.4. The molecular weight excluding hydrogens is 448 g/mol. The van der Waals surface area contributed by atoms with Crippen LogP contribution in [0, 0.1) is 0 Å². The first-order valence-electron chi connectivity index (χ1n) is 11.4. The number of nitrogen functional groups attached to an aromatic ring is 2. The van der Waals surface area contributed by atoms with E-state index in [-0.39, 0.29) is 18.4 Å². The van der Waals surface area contributed by atoms with Crippen LogP contribution in [0.2, 0.25) is 0 Å². The maximum Gasteiger partial charge on any atom is 0.224 e. The summed E-state index contributed by atoms with van der Waals surface area (Å²) in [5, 5.41) is 10.1. The largest absolute Gasteiger partial charge is 0.394 e. The Balaban J connectivity index is 1.40. The van der Waals surface area contributed by atoms with Crippen LogP contribution in [0.1, 0.15) is 11.1 Å². The Morgan fingerprint density at radius 3 is 2.06 bits per heavy atom. The topological polar surface area (TPSA) is 144 Å². The Morgan fingerprint density at radius 1 is 0.857 bits per heavy atom. The smallest absolute Gasteiger partial charge is 0.224 e. The van der Waals surface area contributed by atoms with Crippen molar-refractivity contribution in [3.05, 3.63) is 78.1 Å². The van der Waals surface area contributed by atoms with Crippen molar-refractivity contribution in [2.24, 2.45) is 0 Å². The molecule has 3 heterocycles. The molecular formula is C25H28N6O4. The van der Waals surface area contributed by atoms with E-state index in [2.05, 4.69) is 15.0 Å². The summed E-state index contributed by atoms with van der Waals surface area (Å²) in [6.45, 7) is 0.903. The van der Waals surface area contributed by atoms with Crippen molar-refractivity contribution in [2.45, 2.75) is 44.2 Å². The number of nitrogens with two attached hydrogens (primary N) is 2. The Morgan fingerprint density at radius 2 is 1.46 bits per heavy atom. The van der Waals surface area contributed by atoms with E-state index in [1.807, 2.05) is 60.7 Å². The van der Waals surface area contributed by atoms with Crippen molar-refractivity contribution in [1.82, 2.24) is 19.5 Å². The van der Waals surface area contributed by atoms with E-state index in [1.165, 1.54) is 0 Å². The first kappa shape index (κ1) is 23.2. The van der Waals surface area contributed by atoms with Crippen LogP contribution in [0.15, 0.2) is 67.0 Å². The van der Waals surface area contributed by atoms with Crippen LogP contribution >= 0.6 is 0 Å². The molecule has 0 spiro atoms. The first-order chi connectivity index (χ1) is 17.1. The highest BCUT2D eigenvalue weighted by molar-refractivity contribution is 5.82. The molecule has 0 unspecified atom stereocenters. The van der Waals surface area contributed by atoms with Gasteiger partial charge < -0.3 is 35.4 Å². The van der Waals surface area contributed by atoms with Gasteiger partial charge in [0.15, 0.2) is 11.5 Å². The number of ether oxygens (including phenoxy) is 3. The van der Waals surface area contributed by atoms with Crippen LogP contribution in [0.3, 0.4) is 0 Å². The highest BCUT2D eigenvalue weighted by atomic mass is 16.6. The normalized spacial score (nSPS) is 22.1. The predicted molar refractivity (Wildman–Crippen MR) is 130 cm³/mol. The number of benzene rings is 2. The van der Waals surface area contributed by atoms with Crippen LogP contribution < -0.4 is 11.5 Å². The molecule has 0 saturated carbocycles. The molecule has 1 aliphatic heterocycles. The lowest BCUT2D eigenvalue weighted by atomic mass is 10.1. The lowest BCUT2D eigenvalue weighted by molar-refractivity contribution is -0.0838. The quantitative estimate of drug-likeness (QED) is 0.330. The lowest BCUT2D eigenvalue weighted by Crippen LogP contribution is -2.39. The van der Waals surface area contributed by atoms with Gasteiger partial charge in [0, 0.05) is 0 Å². The Bertz CT molecular complexity index is 1250.